The molecule has 1 aromatic carbocycles. The van der Waals surface area contributed by atoms with E-state index in [-0.39, 0.29) is 13.5 Å². The molecule has 92 valence electrons. The van der Waals surface area contributed by atoms with Crippen LogP contribution in [0, 0.1) is 6.92 Å². The lowest BCUT2D eigenvalue weighted by atomic mass is 10.1. The van der Waals surface area contributed by atoms with Crippen LogP contribution < -0.4 is 5.32 Å². The zero-order chi connectivity index (χ0) is 11.3. The SMILES string of the molecule is CCc1cccc(C)c1N[C@@H](C)COC.S. The Kier molecular flexibility index (Phi) is 7.26. The fourth-order valence-corrected chi connectivity index (χ4v) is 1.77. The van der Waals surface area contributed by atoms with Gasteiger partial charge in [-0.25, -0.2) is 0 Å². The number of nitrogens with one attached hydrogen (secondary N) is 1. The van der Waals surface area contributed by atoms with Gasteiger partial charge in [0.05, 0.1) is 6.61 Å². The molecule has 0 bridgehead atoms. The smallest absolute Gasteiger partial charge is 0.0661 e. The first-order valence-corrected chi connectivity index (χ1v) is 5.53. The van der Waals surface area contributed by atoms with Gasteiger partial charge in [0.1, 0.15) is 0 Å². The molecule has 16 heavy (non-hydrogen) atoms. The summed E-state index contributed by atoms with van der Waals surface area (Å²) in [5.41, 5.74) is 3.94. The summed E-state index contributed by atoms with van der Waals surface area (Å²) in [6.45, 7) is 7.19. The molecular weight excluding hydrogens is 218 g/mol. The minimum absolute atomic E-state index is 0. The van der Waals surface area contributed by atoms with E-state index >= 15 is 0 Å². The van der Waals surface area contributed by atoms with E-state index in [2.05, 4.69) is 44.3 Å². The number of benzene rings is 1. The van der Waals surface area contributed by atoms with E-state index in [1.807, 2.05) is 0 Å². The molecular formula is C13H23NOS. The molecule has 0 heterocycles. The topological polar surface area (TPSA) is 21.3 Å². The summed E-state index contributed by atoms with van der Waals surface area (Å²) in [4.78, 5) is 0. The van der Waals surface area contributed by atoms with E-state index in [1.54, 1.807) is 7.11 Å². The van der Waals surface area contributed by atoms with Gasteiger partial charge in [0.15, 0.2) is 0 Å². The molecule has 1 atom stereocenters. The molecule has 0 spiro atoms. The van der Waals surface area contributed by atoms with E-state index in [0.29, 0.717) is 6.04 Å². The highest BCUT2D eigenvalue weighted by Gasteiger charge is 2.07. The maximum atomic E-state index is 5.13. The van der Waals surface area contributed by atoms with Gasteiger partial charge in [-0.2, -0.15) is 13.5 Å². The lowest BCUT2D eigenvalue weighted by Gasteiger charge is -2.19. The minimum Gasteiger partial charge on any atom is -0.383 e. The van der Waals surface area contributed by atoms with Crippen LogP contribution in [0.4, 0.5) is 5.69 Å². The van der Waals surface area contributed by atoms with Gasteiger partial charge in [0.25, 0.3) is 0 Å². The van der Waals surface area contributed by atoms with Crippen molar-refractivity contribution in [2.24, 2.45) is 0 Å². The monoisotopic (exact) mass is 241 g/mol. The van der Waals surface area contributed by atoms with Crippen molar-refractivity contribution in [3.05, 3.63) is 29.3 Å². The molecule has 0 aliphatic rings. The van der Waals surface area contributed by atoms with Crippen LogP contribution in [-0.2, 0) is 11.2 Å². The summed E-state index contributed by atoms with van der Waals surface area (Å²) in [6.07, 6.45) is 1.06. The zero-order valence-corrected chi connectivity index (χ0v) is 11.6. The van der Waals surface area contributed by atoms with Crippen LogP contribution in [0.3, 0.4) is 0 Å². The van der Waals surface area contributed by atoms with Crippen LogP contribution in [0.25, 0.3) is 0 Å². The van der Waals surface area contributed by atoms with Gasteiger partial charge in [-0.15, -0.1) is 0 Å². The number of hydrogen-bond donors (Lipinski definition) is 1. The normalized spacial score (nSPS) is 11.8. The molecule has 0 amide bonds. The Morgan fingerprint density at radius 3 is 2.62 bits per heavy atom. The van der Waals surface area contributed by atoms with Gasteiger partial charge >= 0.3 is 0 Å². The standard InChI is InChI=1S/C13H21NO.H2S/c1-5-12-8-6-7-10(2)13(12)14-11(3)9-15-4;/h6-8,11,14H,5,9H2,1-4H3;1H2/t11-;/m0./s1. The highest BCUT2D eigenvalue weighted by molar-refractivity contribution is 7.59. The van der Waals surface area contributed by atoms with Crippen molar-refractivity contribution in [3.8, 4) is 0 Å². The second-order valence-electron chi connectivity index (χ2n) is 3.96. The van der Waals surface area contributed by atoms with Crippen molar-refractivity contribution >= 4 is 19.2 Å². The molecule has 0 aliphatic heterocycles. The Balaban J connectivity index is 0.00000225. The number of para-hydroxylation sites is 1. The molecule has 0 fully saturated rings. The molecule has 0 unspecified atom stereocenters. The Morgan fingerprint density at radius 1 is 1.38 bits per heavy atom. The molecule has 2 nitrogen and oxygen atoms in total. The lowest BCUT2D eigenvalue weighted by Crippen LogP contribution is -2.22. The van der Waals surface area contributed by atoms with Gasteiger partial charge in [-0.3, -0.25) is 0 Å². The quantitative estimate of drug-likeness (QED) is 0.855. The third kappa shape index (κ3) is 4.06. The van der Waals surface area contributed by atoms with E-state index in [4.69, 9.17) is 4.74 Å². The van der Waals surface area contributed by atoms with Crippen molar-refractivity contribution < 1.29 is 4.74 Å². The van der Waals surface area contributed by atoms with E-state index in [9.17, 15) is 0 Å². The molecule has 0 radical (unpaired) electrons. The molecule has 0 aliphatic carbocycles. The minimum atomic E-state index is 0. The van der Waals surface area contributed by atoms with Crippen LogP contribution in [0.2, 0.25) is 0 Å². The molecule has 1 rings (SSSR count). The molecule has 0 aromatic heterocycles. The van der Waals surface area contributed by atoms with Crippen LogP contribution in [0.15, 0.2) is 18.2 Å². The van der Waals surface area contributed by atoms with E-state index < -0.39 is 0 Å². The summed E-state index contributed by atoms with van der Waals surface area (Å²) in [5, 5.41) is 3.51. The largest absolute Gasteiger partial charge is 0.383 e. The fourth-order valence-electron chi connectivity index (χ4n) is 1.77. The van der Waals surface area contributed by atoms with E-state index in [0.717, 1.165) is 13.0 Å². The summed E-state index contributed by atoms with van der Waals surface area (Å²) in [7, 11) is 1.73. The van der Waals surface area contributed by atoms with Crippen molar-refractivity contribution in [2.75, 3.05) is 19.0 Å². The fraction of sp³-hybridized carbons (Fsp3) is 0.538. The van der Waals surface area contributed by atoms with Crippen molar-refractivity contribution in [2.45, 2.75) is 33.2 Å². The van der Waals surface area contributed by atoms with Gasteiger partial charge in [0.2, 0.25) is 0 Å². The molecule has 1 N–H and O–H groups in total. The van der Waals surface area contributed by atoms with Crippen LogP contribution in [-0.4, -0.2) is 19.8 Å². The first-order chi connectivity index (χ1) is 7.19. The number of rotatable bonds is 5. The van der Waals surface area contributed by atoms with Crippen molar-refractivity contribution in [1.82, 2.24) is 0 Å². The third-order valence-electron chi connectivity index (χ3n) is 2.55. The van der Waals surface area contributed by atoms with Crippen LogP contribution in [0.1, 0.15) is 25.0 Å². The molecule has 0 saturated heterocycles. The number of hydrogen-bond acceptors (Lipinski definition) is 2. The predicted octanol–water partition coefficient (Wildman–Crippen LogP) is 3.12. The van der Waals surface area contributed by atoms with Crippen LogP contribution >= 0.6 is 13.5 Å². The Hall–Kier alpha value is -0.670. The van der Waals surface area contributed by atoms with Crippen molar-refractivity contribution in [1.29, 1.82) is 0 Å². The Labute approximate surface area is 106 Å². The Bertz CT molecular complexity index is 315. The maximum absolute atomic E-state index is 5.13. The first-order valence-electron chi connectivity index (χ1n) is 5.53. The summed E-state index contributed by atoms with van der Waals surface area (Å²) < 4.78 is 5.13. The second-order valence-corrected chi connectivity index (χ2v) is 3.96. The molecule has 3 heteroatoms. The predicted molar refractivity (Wildman–Crippen MR) is 75.9 cm³/mol. The van der Waals surface area contributed by atoms with Crippen molar-refractivity contribution in [3.63, 3.8) is 0 Å². The lowest BCUT2D eigenvalue weighted by molar-refractivity contribution is 0.190. The summed E-state index contributed by atoms with van der Waals surface area (Å²) >= 11 is 0. The number of ether oxygens (including phenoxy) is 1. The number of methoxy groups -OCH3 is 1. The average Bonchev–Trinajstić information content (AvgIpc) is 2.21. The van der Waals surface area contributed by atoms with Gasteiger partial charge in [-0.05, 0) is 31.4 Å². The van der Waals surface area contributed by atoms with Gasteiger partial charge < -0.3 is 10.1 Å². The maximum Gasteiger partial charge on any atom is 0.0661 e. The molecule has 0 saturated carbocycles. The van der Waals surface area contributed by atoms with Gasteiger partial charge in [0, 0.05) is 18.8 Å². The highest BCUT2D eigenvalue weighted by Crippen LogP contribution is 2.21. The third-order valence-corrected chi connectivity index (χ3v) is 2.55. The number of aryl methyl sites for hydroxylation is 2. The first kappa shape index (κ1) is 15.3. The second kappa shape index (κ2) is 7.58. The molecule has 1 aromatic rings. The van der Waals surface area contributed by atoms with Crippen LogP contribution in [0.5, 0.6) is 0 Å². The van der Waals surface area contributed by atoms with E-state index in [1.165, 1.54) is 16.8 Å². The van der Waals surface area contributed by atoms with Gasteiger partial charge in [-0.1, -0.05) is 25.1 Å². The average molecular weight is 241 g/mol. The zero-order valence-electron chi connectivity index (χ0n) is 10.6. The highest BCUT2D eigenvalue weighted by atomic mass is 32.1. The summed E-state index contributed by atoms with van der Waals surface area (Å²) in [6, 6.07) is 6.78. The number of anilines is 1. The summed E-state index contributed by atoms with van der Waals surface area (Å²) in [5.74, 6) is 0. The Morgan fingerprint density at radius 2 is 2.06 bits per heavy atom.